The van der Waals surface area contributed by atoms with Crippen molar-refractivity contribution >= 4 is 22.8 Å². The Kier molecular flexibility index (Phi) is 5.60. The van der Waals surface area contributed by atoms with Gasteiger partial charge < -0.3 is 9.47 Å². The maximum absolute atomic E-state index is 12.9. The standard InChI is InChI=1S/C19H20N2O3S/c1-23-16-9-8-15(12-17(16)24-2)18(22)21-11-10-20-19(21)25-13-14-6-4-3-5-7-14/h3-9,12H,10-11,13H2,1-2H3. The number of hydrogen-bond acceptors (Lipinski definition) is 5. The summed E-state index contributed by atoms with van der Waals surface area (Å²) in [7, 11) is 3.13. The van der Waals surface area contributed by atoms with Gasteiger partial charge in [0.05, 0.1) is 20.8 Å². The molecule has 0 aliphatic carbocycles. The molecule has 0 bridgehead atoms. The van der Waals surface area contributed by atoms with Crippen molar-refractivity contribution in [1.82, 2.24) is 4.90 Å². The maximum atomic E-state index is 12.9. The van der Waals surface area contributed by atoms with Gasteiger partial charge in [-0.05, 0) is 23.8 Å². The first-order chi connectivity index (χ1) is 12.2. The molecule has 0 saturated heterocycles. The van der Waals surface area contributed by atoms with Crippen molar-refractivity contribution in [3.8, 4) is 11.5 Å². The number of carbonyl (C=O) groups is 1. The molecule has 0 N–H and O–H groups in total. The summed E-state index contributed by atoms with van der Waals surface area (Å²) in [5.41, 5.74) is 1.77. The number of methoxy groups -OCH3 is 2. The van der Waals surface area contributed by atoms with Crippen LogP contribution in [0.3, 0.4) is 0 Å². The number of ether oxygens (including phenoxy) is 2. The Morgan fingerprint density at radius 1 is 1.12 bits per heavy atom. The van der Waals surface area contributed by atoms with Crippen LogP contribution >= 0.6 is 11.8 Å². The Morgan fingerprint density at radius 2 is 1.88 bits per heavy atom. The molecule has 0 radical (unpaired) electrons. The van der Waals surface area contributed by atoms with Crippen molar-refractivity contribution in [2.24, 2.45) is 4.99 Å². The number of benzene rings is 2. The van der Waals surface area contributed by atoms with Crippen molar-refractivity contribution in [2.75, 3.05) is 27.3 Å². The van der Waals surface area contributed by atoms with E-state index in [-0.39, 0.29) is 5.91 Å². The van der Waals surface area contributed by atoms with E-state index in [1.165, 1.54) is 5.56 Å². The lowest BCUT2D eigenvalue weighted by molar-refractivity contribution is 0.0860. The lowest BCUT2D eigenvalue weighted by Crippen LogP contribution is -2.32. The summed E-state index contributed by atoms with van der Waals surface area (Å²) in [5.74, 6) is 1.86. The van der Waals surface area contributed by atoms with Gasteiger partial charge in [-0.25, -0.2) is 0 Å². The molecule has 0 saturated carbocycles. The van der Waals surface area contributed by atoms with E-state index in [0.29, 0.717) is 30.2 Å². The molecule has 0 spiro atoms. The molecule has 25 heavy (non-hydrogen) atoms. The molecule has 1 amide bonds. The van der Waals surface area contributed by atoms with Gasteiger partial charge >= 0.3 is 0 Å². The second-order valence-corrected chi connectivity index (χ2v) is 6.41. The van der Waals surface area contributed by atoms with E-state index in [9.17, 15) is 4.79 Å². The second-order valence-electron chi connectivity index (χ2n) is 5.47. The normalized spacial score (nSPS) is 13.5. The summed E-state index contributed by atoms with van der Waals surface area (Å²) in [4.78, 5) is 19.1. The SMILES string of the molecule is COc1ccc(C(=O)N2CCN=C2SCc2ccccc2)cc1OC. The number of aliphatic imine (C=N–C) groups is 1. The molecule has 0 unspecified atom stereocenters. The van der Waals surface area contributed by atoms with Crippen molar-refractivity contribution < 1.29 is 14.3 Å². The highest BCUT2D eigenvalue weighted by molar-refractivity contribution is 8.13. The molecule has 0 atom stereocenters. The number of carbonyl (C=O) groups excluding carboxylic acids is 1. The van der Waals surface area contributed by atoms with Crippen LogP contribution < -0.4 is 9.47 Å². The largest absolute Gasteiger partial charge is 0.493 e. The summed E-state index contributed by atoms with van der Waals surface area (Å²) in [6.45, 7) is 1.24. The lowest BCUT2D eigenvalue weighted by atomic mass is 10.2. The molecule has 1 aliphatic rings. The van der Waals surface area contributed by atoms with Crippen LogP contribution in [0.4, 0.5) is 0 Å². The second kappa shape index (κ2) is 8.07. The third-order valence-corrected chi connectivity index (χ3v) is 4.97. The highest BCUT2D eigenvalue weighted by Crippen LogP contribution is 2.29. The molecule has 6 heteroatoms. The van der Waals surface area contributed by atoms with Crippen molar-refractivity contribution in [2.45, 2.75) is 5.75 Å². The van der Waals surface area contributed by atoms with E-state index in [1.807, 2.05) is 18.2 Å². The summed E-state index contributed by atoms with van der Waals surface area (Å²) in [5, 5.41) is 0.767. The van der Waals surface area contributed by atoms with Gasteiger partial charge in [0.25, 0.3) is 5.91 Å². The minimum Gasteiger partial charge on any atom is -0.493 e. The molecule has 2 aromatic carbocycles. The first-order valence-electron chi connectivity index (χ1n) is 7.98. The summed E-state index contributed by atoms with van der Waals surface area (Å²) >= 11 is 1.58. The van der Waals surface area contributed by atoms with Crippen LogP contribution in [0.2, 0.25) is 0 Å². The smallest absolute Gasteiger partial charge is 0.260 e. The fourth-order valence-electron chi connectivity index (χ4n) is 2.59. The Hall–Kier alpha value is -2.47. The molecule has 2 aromatic rings. The summed E-state index contributed by atoms with van der Waals surface area (Å²) in [6, 6.07) is 15.4. The molecule has 5 nitrogen and oxygen atoms in total. The van der Waals surface area contributed by atoms with E-state index in [1.54, 1.807) is 49.1 Å². The van der Waals surface area contributed by atoms with Gasteiger partial charge in [0.1, 0.15) is 0 Å². The molecule has 130 valence electrons. The fourth-order valence-corrected chi connectivity index (χ4v) is 3.59. The number of nitrogens with zero attached hydrogens (tertiary/aromatic N) is 2. The third-order valence-electron chi connectivity index (χ3n) is 3.89. The van der Waals surface area contributed by atoms with Gasteiger partial charge in [0.15, 0.2) is 16.7 Å². The predicted molar refractivity (Wildman–Crippen MR) is 101 cm³/mol. The van der Waals surface area contributed by atoms with Gasteiger partial charge in [-0.3, -0.25) is 14.7 Å². The molecule has 3 rings (SSSR count). The van der Waals surface area contributed by atoms with Gasteiger partial charge in [-0.1, -0.05) is 42.1 Å². The van der Waals surface area contributed by atoms with Crippen molar-refractivity contribution in [1.29, 1.82) is 0 Å². The first-order valence-corrected chi connectivity index (χ1v) is 8.96. The molecular formula is C19H20N2O3S. The van der Waals surface area contributed by atoms with Crippen LogP contribution in [0, 0.1) is 0 Å². The van der Waals surface area contributed by atoms with E-state index in [0.717, 1.165) is 10.9 Å². The van der Waals surface area contributed by atoms with Crippen LogP contribution in [0.15, 0.2) is 53.5 Å². The van der Waals surface area contributed by atoms with E-state index >= 15 is 0 Å². The van der Waals surface area contributed by atoms with Crippen LogP contribution in [-0.4, -0.2) is 43.3 Å². The lowest BCUT2D eigenvalue weighted by Gasteiger charge is -2.18. The number of thioether (sulfide) groups is 1. The highest BCUT2D eigenvalue weighted by atomic mass is 32.2. The molecule has 0 aromatic heterocycles. The zero-order chi connectivity index (χ0) is 17.6. The highest BCUT2D eigenvalue weighted by Gasteiger charge is 2.25. The summed E-state index contributed by atoms with van der Waals surface area (Å²) < 4.78 is 10.5. The average molecular weight is 356 g/mol. The Bertz CT molecular complexity index is 777. The van der Waals surface area contributed by atoms with Gasteiger partial charge in [-0.2, -0.15) is 0 Å². The van der Waals surface area contributed by atoms with Crippen molar-refractivity contribution in [3.05, 3.63) is 59.7 Å². The monoisotopic (exact) mass is 356 g/mol. The van der Waals surface area contributed by atoms with Crippen molar-refractivity contribution in [3.63, 3.8) is 0 Å². The zero-order valence-electron chi connectivity index (χ0n) is 14.3. The number of hydrogen-bond donors (Lipinski definition) is 0. The Balaban J connectivity index is 1.72. The van der Waals surface area contributed by atoms with Crippen LogP contribution in [0.5, 0.6) is 11.5 Å². The maximum Gasteiger partial charge on any atom is 0.260 e. The molecule has 0 fully saturated rings. The van der Waals surface area contributed by atoms with Crippen LogP contribution in [0.1, 0.15) is 15.9 Å². The Labute approximate surface area is 151 Å². The minimum atomic E-state index is -0.0715. The van der Waals surface area contributed by atoms with Gasteiger partial charge in [0.2, 0.25) is 0 Å². The first kappa shape index (κ1) is 17.4. The summed E-state index contributed by atoms with van der Waals surface area (Å²) in [6.07, 6.45) is 0. The number of amides is 1. The van der Waals surface area contributed by atoms with Gasteiger partial charge in [0, 0.05) is 17.9 Å². The zero-order valence-corrected chi connectivity index (χ0v) is 15.1. The van der Waals surface area contributed by atoms with Crippen LogP contribution in [-0.2, 0) is 5.75 Å². The average Bonchev–Trinajstić information content (AvgIpc) is 3.14. The number of amidine groups is 1. The molecule has 1 aliphatic heterocycles. The van der Waals surface area contributed by atoms with E-state index in [4.69, 9.17) is 9.47 Å². The fraction of sp³-hybridized carbons (Fsp3) is 0.263. The van der Waals surface area contributed by atoms with Crippen LogP contribution in [0.25, 0.3) is 0 Å². The molecular weight excluding hydrogens is 336 g/mol. The number of rotatable bonds is 5. The topological polar surface area (TPSA) is 51.1 Å². The quantitative estimate of drug-likeness (QED) is 0.823. The minimum absolute atomic E-state index is 0.0715. The van der Waals surface area contributed by atoms with E-state index in [2.05, 4.69) is 17.1 Å². The third kappa shape index (κ3) is 3.96. The Morgan fingerprint density at radius 3 is 2.60 bits per heavy atom. The van der Waals surface area contributed by atoms with E-state index < -0.39 is 0 Å². The van der Waals surface area contributed by atoms with Gasteiger partial charge in [-0.15, -0.1) is 0 Å². The molecule has 1 heterocycles. The predicted octanol–water partition coefficient (Wildman–Crippen LogP) is 3.45.